The highest BCUT2D eigenvalue weighted by Crippen LogP contribution is 2.35. The van der Waals surface area contributed by atoms with Crippen molar-refractivity contribution >= 4 is 28.5 Å². The molecule has 1 aliphatic heterocycles. The summed E-state index contributed by atoms with van der Waals surface area (Å²) in [6.07, 6.45) is 3.18. The van der Waals surface area contributed by atoms with Crippen molar-refractivity contribution in [1.82, 2.24) is 10.2 Å². The summed E-state index contributed by atoms with van der Waals surface area (Å²) in [6.45, 7) is -0.208. The number of nitrogens with one attached hydrogen (secondary N) is 1. The zero-order valence-electron chi connectivity index (χ0n) is 13.2. The van der Waals surface area contributed by atoms with E-state index in [1.54, 1.807) is 6.07 Å². The van der Waals surface area contributed by atoms with Gasteiger partial charge in [0.1, 0.15) is 5.54 Å². The first-order valence-electron chi connectivity index (χ1n) is 8.26. The van der Waals surface area contributed by atoms with Crippen LogP contribution in [0.5, 0.6) is 0 Å². The number of rotatable bonds is 3. The van der Waals surface area contributed by atoms with Gasteiger partial charge >= 0.3 is 6.03 Å². The number of nitrogens with zero attached hydrogens (tertiary/aromatic N) is 1. The highest BCUT2D eigenvalue weighted by Gasteiger charge is 2.52. The first-order valence-corrected chi connectivity index (χ1v) is 8.26. The molecule has 5 nitrogen and oxygen atoms in total. The second-order valence-electron chi connectivity index (χ2n) is 6.56. The Morgan fingerprint density at radius 1 is 1.04 bits per heavy atom. The maximum absolute atomic E-state index is 12.7. The molecule has 2 aromatic rings. The van der Waals surface area contributed by atoms with E-state index in [1.807, 2.05) is 36.4 Å². The van der Waals surface area contributed by atoms with Gasteiger partial charge in [0, 0.05) is 5.56 Å². The Morgan fingerprint density at radius 3 is 2.54 bits per heavy atom. The van der Waals surface area contributed by atoms with Gasteiger partial charge in [0.25, 0.3) is 5.91 Å². The van der Waals surface area contributed by atoms with Gasteiger partial charge in [-0.3, -0.25) is 14.5 Å². The van der Waals surface area contributed by atoms with Crippen LogP contribution in [-0.2, 0) is 4.79 Å². The molecular formula is C19H18N2O3. The van der Waals surface area contributed by atoms with Crippen LogP contribution in [0.4, 0.5) is 4.79 Å². The number of benzene rings is 2. The Labute approximate surface area is 139 Å². The molecule has 0 aromatic heterocycles. The molecule has 5 heteroatoms. The summed E-state index contributed by atoms with van der Waals surface area (Å²) in [6, 6.07) is 12.7. The van der Waals surface area contributed by atoms with Crippen LogP contribution in [0.15, 0.2) is 42.5 Å². The zero-order chi connectivity index (χ0) is 16.7. The standard InChI is InChI=1S/C19H18N2O3/c22-16(15-9-5-7-13-6-1-2-8-14(13)15)12-21-17(23)19(20-18(21)24)10-3-4-11-19/h1-2,5-9H,3-4,10-12H2,(H,20,24). The van der Waals surface area contributed by atoms with Crippen LogP contribution in [0.2, 0.25) is 0 Å². The van der Waals surface area contributed by atoms with Crippen molar-refractivity contribution in [3.63, 3.8) is 0 Å². The first kappa shape index (κ1) is 14.9. The third-order valence-electron chi connectivity index (χ3n) is 5.09. The van der Waals surface area contributed by atoms with Crippen molar-refractivity contribution in [2.24, 2.45) is 0 Å². The number of imide groups is 1. The highest BCUT2D eigenvalue weighted by atomic mass is 16.2. The van der Waals surface area contributed by atoms with Gasteiger partial charge in [-0.15, -0.1) is 0 Å². The third kappa shape index (κ3) is 2.19. The fraction of sp³-hybridized carbons (Fsp3) is 0.316. The fourth-order valence-electron chi connectivity index (χ4n) is 3.83. The summed E-state index contributed by atoms with van der Waals surface area (Å²) in [5.74, 6) is -0.469. The van der Waals surface area contributed by atoms with E-state index >= 15 is 0 Å². The minimum absolute atomic E-state index is 0.208. The topological polar surface area (TPSA) is 66.5 Å². The van der Waals surface area contributed by atoms with E-state index < -0.39 is 11.6 Å². The van der Waals surface area contributed by atoms with Crippen LogP contribution in [0, 0.1) is 0 Å². The lowest BCUT2D eigenvalue weighted by atomic mass is 9.97. The molecule has 1 heterocycles. The number of amides is 3. The molecule has 1 N–H and O–H groups in total. The average molecular weight is 322 g/mol. The monoisotopic (exact) mass is 322 g/mol. The number of carbonyl (C=O) groups excluding carboxylic acids is 3. The van der Waals surface area contributed by atoms with Crippen LogP contribution in [-0.4, -0.2) is 34.7 Å². The Hall–Kier alpha value is -2.69. The van der Waals surface area contributed by atoms with Gasteiger partial charge in [-0.05, 0) is 23.6 Å². The van der Waals surface area contributed by atoms with E-state index in [4.69, 9.17) is 0 Å². The number of carbonyl (C=O) groups is 3. The number of urea groups is 1. The smallest absolute Gasteiger partial charge is 0.323 e. The van der Waals surface area contributed by atoms with Gasteiger partial charge in [-0.25, -0.2) is 4.79 Å². The van der Waals surface area contributed by atoms with Crippen molar-refractivity contribution in [3.05, 3.63) is 48.0 Å². The third-order valence-corrected chi connectivity index (χ3v) is 5.09. The van der Waals surface area contributed by atoms with Crippen LogP contribution < -0.4 is 5.32 Å². The van der Waals surface area contributed by atoms with Crippen LogP contribution >= 0.6 is 0 Å². The van der Waals surface area contributed by atoms with Crippen LogP contribution in [0.1, 0.15) is 36.0 Å². The minimum Gasteiger partial charge on any atom is -0.323 e. The Kier molecular flexibility index (Phi) is 3.37. The van der Waals surface area contributed by atoms with E-state index in [0.717, 1.165) is 28.5 Å². The second-order valence-corrected chi connectivity index (χ2v) is 6.56. The largest absolute Gasteiger partial charge is 0.325 e. The van der Waals surface area contributed by atoms with Crippen molar-refractivity contribution in [2.45, 2.75) is 31.2 Å². The summed E-state index contributed by atoms with van der Waals surface area (Å²) in [5.41, 5.74) is -0.225. The Balaban J connectivity index is 1.62. The maximum Gasteiger partial charge on any atom is 0.325 e. The first-order chi connectivity index (χ1) is 11.6. The Bertz CT molecular complexity index is 847. The van der Waals surface area contributed by atoms with Crippen molar-refractivity contribution in [2.75, 3.05) is 6.54 Å². The number of hydrogen-bond acceptors (Lipinski definition) is 3. The molecule has 122 valence electrons. The van der Waals surface area contributed by atoms with Gasteiger partial charge in [-0.2, -0.15) is 0 Å². The predicted molar refractivity (Wildman–Crippen MR) is 89.7 cm³/mol. The van der Waals surface area contributed by atoms with Gasteiger partial charge in [-0.1, -0.05) is 55.3 Å². The molecule has 0 atom stereocenters. The second kappa shape index (κ2) is 5.44. The minimum atomic E-state index is -0.768. The van der Waals surface area contributed by atoms with Gasteiger partial charge in [0.05, 0.1) is 6.54 Å². The molecule has 2 aromatic carbocycles. The van der Waals surface area contributed by atoms with Crippen molar-refractivity contribution in [3.8, 4) is 0 Å². The zero-order valence-corrected chi connectivity index (χ0v) is 13.2. The summed E-state index contributed by atoms with van der Waals surface area (Å²) >= 11 is 0. The molecule has 24 heavy (non-hydrogen) atoms. The van der Waals surface area contributed by atoms with E-state index in [-0.39, 0.29) is 18.2 Å². The lowest BCUT2D eigenvalue weighted by molar-refractivity contribution is -0.130. The molecule has 3 amide bonds. The van der Waals surface area contributed by atoms with E-state index in [1.165, 1.54) is 0 Å². The lowest BCUT2D eigenvalue weighted by Gasteiger charge is -2.19. The molecule has 1 saturated heterocycles. The van der Waals surface area contributed by atoms with Gasteiger partial charge in [0.2, 0.25) is 0 Å². The molecule has 4 rings (SSSR count). The number of hydrogen-bond donors (Lipinski definition) is 1. The van der Waals surface area contributed by atoms with Crippen LogP contribution in [0.3, 0.4) is 0 Å². The molecule has 0 bridgehead atoms. The van der Waals surface area contributed by atoms with Crippen LogP contribution in [0.25, 0.3) is 10.8 Å². The molecule has 0 radical (unpaired) electrons. The summed E-state index contributed by atoms with van der Waals surface area (Å²) in [5, 5.41) is 4.61. The highest BCUT2D eigenvalue weighted by molar-refractivity contribution is 6.14. The number of Topliss-reactive ketones (excluding diaryl/α,β-unsaturated/α-hetero) is 1. The molecule has 0 unspecified atom stereocenters. The molecule has 2 fully saturated rings. The van der Waals surface area contributed by atoms with Gasteiger partial charge in [0.15, 0.2) is 5.78 Å². The van der Waals surface area contributed by atoms with E-state index in [0.29, 0.717) is 18.4 Å². The number of ketones is 1. The lowest BCUT2D eigenvalue weighted by Crippen LogP contribution is -2.44. The molecule has 1 aliphatic carbocycles. The summed E-state index contributed by atoms with van der Waals surface area (Å²) in [7, 11) is 0. The summed E-state index contributed by atoms with van der Waals surface area (Å²) in [4.78, 5) is 38.7. The average Bonchev–Trinajstić information content (AvgIpc) is 3.15. The molecule has 1 spiro atoms. The summed E-state index contributed by atoms with van der Waals surface area (Å²) < 4.78 is 0. The SMILES string of the molecule is O=C(CN1C(=O)NC2(CCCC2)C1=O)c1cccc2ccccc12. The normalized spacial score (nSPS) is 19.2. The van der Waals surface area contributed by atoms with Crippen molar-refractivity contribution in [1.29, 1.82) is 0 Å². The van der Waals surface area contributed by atoms with E-state index in [9.17, 15) is 14.4 Å². The van der Waals surface area contributed by atoms with Crippen molar-refractivity contribution < 1.29 is 14.4 Å². The van der Waals surface area contributed by atoms with E-state index in [2.05, 4.69) is 5.32 Å². The molecular weight excluding hydrogens is 304 g/mol. The predicted octanol–water partition coefficient (Wildman–Crippen LogP) is 2.89. The molecule has 1 saturated carbocycles. The maximum atomic E-state index is 12.7. The Morgan fingerprint density at radius 2 is 1.75 bits per heavy atom. The van der Waals surface area contributed by atoms with Gasteiger partial charge < -0.3 is 5.32 Å². The molecule has 2 aliphatic rings. The fourth-order valence-corrected chi connectivity index (χ4v) is 3.83. The quantitative estimate of drug-likeness (QED) is 0.698. The number of fused-ring (bicyclic) bond motifs is 1.